The number of likely N-dealkylation sites (tertiary alicyclic amines) is 1. The Hall–Kier alpha value is -0.0800. The van der Waals surface area contributed by atoms with Gasteiger partial charge < -0.3 is 10.6 Å². The van der Waals surface area contributed by atoms with Gasteiger partial charge in [0.05, 0.1) is 0 Å². The van der Waals surface area contributed by atoms with Crippen LogP contribution < -0.4 is 5.73 Å². The van der Waals surface area contributed by atoms with Crippen LogP contribution in [0, 0.1) is 17.8 Å². The molecule has 1 saturated carbocycles. The Morgan fingerprint density at radius 3 is 2.60 bits per heavy atom. The second-order valence-electron chi connectivity index (χ2n) is 5.91. The Bertz CT molecular complexity index is 203. The van der Waals surface area contributed by atoms with Crippen LogP contribution in [-0.4, -0.2) is 30.6 Å². The minimum absolute atomic E-state index is 0.489. The van der Waals surface area contributed by atoms with E-state index in [1.54, 1.807) is 0 Å². The molecule has 1 aliphatic carbocycles. The molecular formula is C13H26N2. The summed E-state index contributed by atoms with van der Waals surface area (Å²) >= 11 is 0. The number of hydrogen-bond acceptors (Lipinski definition) is 2. The molecule has 3 atom stereocenters. The third-order valence-corrected chi connectivity index (χ3v) is 4.46. The van der Waals surface area contributed by atoms with E-state index in [0.717, 1.165) is 17.8 Å². The van der Waals surface area contributed by atoms with Gasteiger partial charge in [-0.25, -0.2) is 0 Å². The Kier molecular flexibility index (Phi) is 3.68. The predicted molar refractivity (Wildman–Crippen MR) is 64.7 cm³/mol. The van der Waals surface area contributed by atoms with Gasteiger partial charge in [-0.15, -0.1) is 0 Å². The molecule has 2 heteroatoms. The quantitative estimate of drug-likeness (QED) is 0.773. The van der Waals surface area contributed by atoms with Gasteiger partial charge in [-0.1, -0.05) is 20.3 Å². The highest BCUT2D eigenvalue weighted by molar-refractivity contribution is 4.85. The monoisotopic (exact) mass is 210 g/mol. The minimum Gasteiger partial charge on any atom is -0.327 e. The van der Waals surface area contributed by atoms with Gasteiger partial charge in [0.25, 0.3) is 0 Å². The third kappa shape index (κ3) is 2.73. The highest BCUT2D eigenvalue weighted by Gasteiger charge is 2.30. The van der Waals surface area contributed by atoms with Crippen LogP contribution in [-0.2, 0) is 0 Å². The molecule has 1 saturated heterocycles. The molecule has 0 amide bonds. The molecule has 2 fully saturated rings. The van der Waals surface area contributed by atoms with Crippen LogP contribution in [0.2, 0.25) is 0 Å². The van der Waals surface area contributed by atoms with E-state index >= 15 is 0 Å². The Labute approximate surface area is 94.2 Å². The lowest BCUT2D eigenvalue weighted by Crippen LogP contribution is -2.35. The van der Waals surface area contributed by atoms with Gasteiger partial charge >= 0.3 is 0 Å². The summed E-state index contributed by atoms with van der Waals surface area (Å²) in [5.41, 5.74) is 6.12. The molecule has 0 spiro atoms. The molecule has 0 bridgehead atoms. The lowest BCUT2D eigenvalue weighted by molar-refractivity contribution is 0.249. The molecule has 88 valence electrons. The molecule has 2 nitrogen and oxygen atoms in total. The summed E-state index contributed by atoms with van der Waals surface area (Å²) in [4.78, 5) is 2.65. The van der Waals surface area contributed by atoms with Crippen molar-refractivity contribution >= 4 is 0 Å². The maximum Gasteiger partial charge on any atom is 0.00793 e. The molecule has 2 N–H and O–H groups in total. The van der Waals surface area contributed by atoms with Crippen LogP contribution in [0.1, 0.15) is 39.5 Å². The van der Waals surface area contributed by atoms with E-state index in [1.165, 1.54) is 45.3 Å². The summed E-state index contributed by atoms with van der Waals surface area (Å²) in [6.45, 7) is 8.61. The van der Waals surface area contributed by atoms with Crippen LogP contribution in [0.25, 0.3) is 0 Å². The summed E-state index contributed by atoms with van der Waals surface area (Å²) in [6.07, 6.45) is 5.38. The van der Waals surface area contributed by atoms with Crippen molar-refractivity contribution in [3.63, 3.8) is 0 Å². The summed E-state index contributed by atoms with van der Waals surface area (Å²) in [5, 5.41) is 0. The maximum atomic E-state index is 6.12. The predicted octanol–water partition coefficient (Wildman–Crippen LogP) is 2.09. The fourth-order valence-corrected chi connectivity index (χ4v) is 3.20. The van der Waals surface area contributed by atoms with E-state index in [2.05, 4.69) is 18.7 Å². The SMILES string of the molecule is CC(C)C1CCN(CC2CCCC2N)C1. The van der Waals surface area contributed by atoms with Crippen molar-refractivity contribution in [3.05, 3.63) is 0 Å². The molecule has 2 aliphatic rings. The van der Waals surface area contributed by atoms with E-state index in [9.17, 15) is 0 Å². The number of hydrogen-bond donors (Lipinski definition) is 1. The molecule has 0 radical (unpaired) electrons. The van der Waals surface area contributed by atoms with Crippen LogP contribution >= 0.6 is 0 Å². The van der Waals surface area contributed by atoms with Gasteiger partial charge in [-0.3, -0.25) is 0 Å². The van der Waals surface area contributed by atoms with E-state index in [0.29, 0.717) is 6.04 Å². The molecule has 0 aromatic heterocycles. The van der Waals surface area contributed by atoms with Crippen LogP contribution in [0.15, 0.2) is 0 Å². The summed E-state index contributed by atoms with van der Waals surface area (Å²) in [5.74, 6) is 2.57. The van der Waals surface area contributed by atoms with Crippen molar-refractivity contribution < 1.29 is 0 Å². The third-order valence-electron chi connectivity index (χ3n) is 4.46. The lowest BCUT2D eigenvalue weighted by atomic mass is 9.95. The average Bonchev–Trinajstić information content (AvgIpc) is 2.77. The van der Waals surface area contributed by atoms with Crippen molar-refractivity contribution in [2.45, 2.75) is 45.6 Å². The zero-order valence-electron chi connectivity index (χ0n) is 10.3. The Morgan fingerprint density at radius 1 is 1.27 bits per heavy atom. The maximum absolute atomic E-state index is 6.12. The standard InChI is InChI=1S/C13H26N2/c1-10(2)11-6-7-15(8-11)9-12-4-3-5-13(12)14/h10-13H,3-9,14H2,1-2H3. The van der Waals surface area contributed by atoms with Gasteiger partial charge in [0, 0.05) is 19.1 Å². The molecule has 15 heavy (non-hydrogen) atoms. The Balaban J connectivity index is 1.77. The lowest BCUT2D eigenvalue weighted by Gasteiger charge is -2.23. The average molecular weight is 210 g/mol. The molecule has 1 heterocycles. The Morgan fingerprint density at radius 2 is 2.07 bits per heavy atom. The topological polar surface area (TPSA) is 29.3 Å². The largest absolute Gasteiger partial charge is 0.327 e. The van der Waals surface area contributed by atoms with E-state index in [1.807, 2.05) is 0 Å². The molecule has 0 aromatic carbocycles. The summed E-state index contributed by atoms with van der Waals surface area (Å²) in [6, 6.07) is 0.489. The summed E-state index contributed by atoms with van der Waals surface area (Å²) in [7, 11) is 0. The highest BCUT2D eigenvalue weighted by Crippen LogP contribution is 2.29. The zero-order chi connectivity index (χ0) is 10.8. The highest BCUT2D eigenvalue weighted by atomic mass is 15.1. The van der Waals surface area contributed by atoms with Crippen molar-refractivity contribution in [2.75, 3.05) is 19.6 Å². The van der Waals surface area contributed by atoms with Crippen molar-refractivity contribution in [3.8, 4) is 0 Å². The number of rotatable bonds is 3. The van der Waals surface area contributed by atoms with Gasteiger partial charge in [-0.05, 0) is 43.6 Å². The van der Waals surface area contributed by atoms with Crippen LogP contribution in [0.3, 0.4) is 0 Å². The van der Waals surface area contributed by atoms with E-state index < -0.39 is 0 Å². The van der Waals surface area contributed by atoms with Gasteiger partial charge in [0.1, 0.15) is 0 Å². The van der Waals surface area contributed by atoms with Crippen molar-refractivity contribution in [1.29, 1.82) is 0 Å². The first-order valence-electron chi connectivity index (χ1n) is 6.64. The number of nitrogens with two attached hydrogens (primary N) is 1. The fourth-order valence-electron chi connectivity index (χ4n) is 3.20. The van der Waals surface area contributed by atoms with E-state index in [4.69, 9.17) is 5.73 Å². The summed E-state index contributed by atoms with van der Waals surface area (Å²) < 4.78 is 0. The fraction of sp³-hybridized carbons (Fsp3) is 1.00. The molecule has 2 rings (SSSR count). The van der Waals surface area contributed by atoms with Crippen LogP contribution in [0.5, 0.6) is 0 Å². The van der Waals surface area contributed by atoms with Crippen molar-refractivity contribution in [2.24, 2.45) is 23.5 Å². The number of nitrogens with zero attached hydrogens (tertiary/aromatic N) is 1. The normalized spacial score (nSPS) is 38.0. The first kappa shape index (κ1) is 11.4. The second-order valence-corrected chi connectivity index (χ2v) is 5.91. The smallest absolute Gasteiger partial charge is 0.00793 e. The first-order valence-corrected chi connectivity index (χ1v) is 6.64. The minimum atomic E-state index is 0.489. The zero-order valence-corrected chi connectivity index (χ0v) is 10.3. The van der Waals surface area contributed by atoms with Gasteiger partial charge in [0.2, 0.25) is 0 Å². The van der Waals surface area contributed by atoms with Crippen LogP contribution in [0.4, 0.5) is 0 Å². The molecule has 1 aliphatic heterocycles. The molecule has 0 aromatic rings. The molecule has 3 unspecified atom stereocenters. The van der Waals surface area contributed by atoms with E-state index in [-0.39, 0.29) is 0 Å². The molecular weight excluding hydrogens is 184 g/mol. The van der Waals surface area contributed by atoms with Crippen molar-refractivity contribution in [1.82, 2.24) is 4.90 Å². The first-order chi connectivity index (χ1) is 7.16. The van der Waals surface area contributed by atoms with Gasteiger partial charge in [0.15, 0.2) is 0 Å². The second kappa shape index (κ2) is 4.84. The van der Waals surface area contributed by atoms with Gasteiger partial charge in [-0.2, -0.15) is 0 Å².